The van der Waals surface area contributed by atoms with Gasteiger partial charge < -0.3 is 51.0 Å². The summed E-state index contributed by atoms with van der Waals surface area (Å²) in [5.41, 5.74) is 0. The monoisotopic (exact) mass is 263 g/mol. The molecule has 0 unspecified atom stereocenters. The fraction of sp³-hybridized carbons (Fsp3) is 0. The topological polar surface area (TPSA) is 291 Å². The van der Waals surface area contributed by atoms with Crippen LogP contribution in [-0.2, 0) is 16.8 Å². The second-order valence-electron chi connectivity index (χ2n) is 0.504. The number of nitrogens with zero attached hydrogens (tertiary/aromatic N) is 1. The van der Waals surface area contributed by atoms with Crippen LogP contribution in [0.5, 0.6) is 0 Å². The van der Waals surface area contributed by atoms with Crippen molar-refractivity contribution in [2.24, 2.45) is 0 Å². The van der Waals surface area contributed by atoms with E-state index < -0.39 is 11.2 Å². The van der Waals surface area contributed by atoms with Gasteiger partial charge in [0.05, 0.1) is 0 Å². The minimum atomic E-state index is -2.08. The van der Waals surface area contributed by atoms with Crippen LogP contribution in [0.25, 0.3) is 30.8 Å². The van der Waals surface area contributed by atoms with Gasteiger partial charge in [0.1, 0.15) is 0 Å². The second-order valence-corrected chi connectivity index (χ2v) is 0.504. The zero-order valence-electron chi connectivity index (χ0n) is 6.69. The molecule has 0 aromatic rings. The molecule has 12 nitrogen and oxygen atoms in total. The summed E-state index contributed by atoms with van der Waals surface area (Å²) in [4.78, 5) is 16.8. The number of hydrogen-bond donors (Lipinski definition) is 2. The van der Waals surface area contributed by atoms with Gasteiger partial charge in [-0.25, -0.2) is 0 Å². The fourth-order valence-corrected chi connectivity index (χ4v) is 0. The Kier molecular flexibility index (Phi) is 333. The fourth-order valence-electron chi connectivity index (χ4n) is 0. The van der Waals surface area contributed by atoms with E-state index in [0.29, 0.717) is 0 Å². The van der Waals surface area contributed by atoms with Crippen LogP contribution in [0.3, 0.4) is 0 Å². The molecule has 0 aliphatic carbocycles. The van der Waals surface area contributed by atoms with Gasteiger partial charge in [-0.3, -0.25) is 0 Å². The van der Waals surface area contributed by atoms with E-state index in [1.807, 2.05) is 0 Å². The molecule has 14 heavy (non-hydrogen) atoms. The van der Waals surface area contributed by atoms with Gasteiger partial charge in [-0.05, 0) is 0 Å². The Balaban J connectivity index is -0.00000000600. The molecule has 0 saturated heterocycles. The van der Waals surface area contributed by atoms with Gasteiger partial charge in [0.25, 0.3) is 5.09 Å². The molecule has 0 heterocycles. The predicted octanol–water partition coefficient (Wildman–Crippen LogP) is 2.12. The van der Waals surface area contributed by atoms with Crippen LogP contribution in [-0.4, -0.2) is 21.6 Å². The first kappa shape index (κ1) is 77.7. The van der Waals surface area contributed by atoms with E-state index in [4.69, 9.17) is 30.3 Å². The maximum absolute atomic E-state index is 8.44. The van der Waals surface area contributed by atoms with Crippen LogP contribution in [0.15, 0.2) is 0 Å². The third kappa shape index (κ3) is 688. The van der Waals surface area contributed by atoms with Crippen molar-refractivity contribution < 1.29 is 42.1 Å². The molecule has 0 aliphatic heterocycles. The van der Waals surface area contributed by atoms with Crippen LogP contribution in [0.4, 0.5) is 4.79 Å². The summed E-state index contributed by atoms with van der Waals surface area (Å²) in [5.74, 6) is 0. The summed E-state index contributed by atoms with van der Waals surface area (Å²) in [7, 11) is 0. The number of rotatable bonds is 0. The molecule has 0 aromatic heterocycles. The molecule has 0 aliphatic rings. The molecule has 0 fully saturated rings. The van der Waals surface area contributed by atoms with E-state index in [1.54, 1.807) is 0 Å². The predicted molar refractivity (Wildman–Crippen MR) is 43.2 cm³/mol. The average Bonchev–Trinajstić information content (AvgIpc) is 1.25. The minimum Gasteiger partial charge on any atom is -0.693 e. The van der Waals surface area contributed by atoms with Crippen LogP contribution in [0.1, 0.15) is 0 Å². The average molecular weight is 263 g/mol. The van der Waals surface area contributed by atoms with Crippen molar-refractivity contribution in [3.8, 4) is 0 Å². The molecule has 0 amide bonds. The third-order valence-electron chi connectivity index (χ3n) is 0. The Morgan fingerprint density at radius 2 is 1.07 bits per heavy atom. The summed E-state index contributed by atoms with van der Waals surface area (Å²) < 4.78 is 0. The number of hydrogen-bond acceptors (Lipinski definition) is 4. The van der Waals surface area contributed by atoms with Gasteiger partial charge in [0, 0.05) is 0 Å². The molecule has 0 atom stereocenters. The maximum atomic E-state index is 8.44. The van der Waals surface area contributed by atoms with Gasteiger partial charge in [-0.1, -0.05) is 0 Å². The molecule has 94 valence electrons. The molecule has 0 bridgehead atoms. The van der Waals surface area contributed by atoms with E-state index in [9.17, 15) is 0 Å². The van der Waals surface area contributed by atoms with E-state index in [1.165, 1.54) is 0 Å². The van der Waals surface area contributed by atoms with Gasteiger partial charge >= 0.3 is 16.8 Å². The van der Waals surface area contributed by atoms with Crippen LogP contribution in [0, 0.1) is 10.1 Å². The van der Waals surface area contributed by atoms with E-state index in [-0.39, 0.29) is 47.5 Å². The van der Waals surface area contributed by atoms with Crippen LogP contribution in [0.2, 0.25) is 0 Å². The Hall–Kier alpha value is -1.22. The maximum Gasteiger partial charge on any atom is 3.00 e. The second kappa shape index (κ2) is 59.9. The van der Waals surface area contributed by atoms with Crippen molar-refractivity contribution in [1.29, 1.82) is 0 Å². The summed E-state index contributed by atoms with van der Waals surface area (Å²) in [6, 6.07) is 0. The first-order valence-corrected chi connectivity index (χ1v) is 1.20. The first-order valence-electron chi connectivity index (χ1n) is 1.20. The summed E-state index contributed by atoms with van der Waals surface area (Å²) in [6.07, 6.45) is -2.08. The molecule has 0 radical (unpaired) electrons. The molecular weight excluding hydrogens is 251 g/mol. The van der Waals surface area contributed by atoms with Crippen molar-refractivity contribution in [3.63, 3.8) is 0 Å². The van der Waals surface area contributed by atoms with E-state index in [0.717, 1.165) is 0 Å². The van der Waals surface area contributed by atoms with Crippen molar-refractivity contribution >= 4 is 6.16 Å². The molecular formula is CH12CoN6O6-3. The van der Waals surface area contributed by atoms with Crippen molar-refractivity contribution in [2.75, 3.05) is 0 Å². The largest absolute Gasteiger partial charge is 3.00 e. The Labute approximate surface area is 89.9 Å². The molecule has 0 saturated carbocycles. The molecule has 0 rings (SSSR count). The Bertz CT molecular complexity index is 80.3. The normalized spacial score (nSPS) is 3.43. The van der Waals surface area contributed by atoms with E-state index >= 15 is 0 Å². The summed E-state index contributed by atoms with van der Waals surface area (Å²) in [6.45, 7) is 0. The smallest absolute Gasteiger partial charge is 0.693 e. The van der Waals surface area contributed by atoms with Gasteiger partial charge in [0.2, 0.25) is 6.16 Å². The SMILES string of the molecule is O=C([O-])O.O=[N+]([O-])O.[Co+3].[NH2-].[NH2-].[NH2-].[NH2-].[NH2-]. The van der Waals surface area contributed by atoms with E-state index in [2.05, 4.69) is 0 Å². The van der Waals surface area contributed by atoms with Gasteiger partial charge in [0.15, 0.2) is 0 Å². The minimum absolute atomic E-state index is 0. The molecule has 0 aromatic carbocycles. The Morgan fingerprint density at radius 1 is 1.07 bits per heavy atom. The first-order chi connectivity index (χ1) is 3.46. The summed E-state index contributed by atoms with van der Waals surface area (Å²) >= 11 is 0. The van der Waals surface area contributed by atoms with Gasteiger partial charge in [-0.15, -0.1) is 10.1 Å². The number of carbonyl (C=O) groups is 1. The third-order valence-corrected chi connectivity index (χ3v) is 0. The number of nitrogens with two attached hydrogens (primary N) is 5. The summed E-state index contributed by atoms with van der Waals surface area (Å²) in [5, 5.41) is 28.9. The zero-order chi connectivity index (χ0) is 7.15. The molecule has 13 heteroatoms. The van der Waals surface area contributed by atoms with Crippen molar-refractivity contribution in [1.82, 2.24) is 0 Å². The van der Waals surface area contributed by atoms with Gasteiger partial charge in [-0.2, -0.15) is 0 Å². The van der Waals surface area contributed by atoms with Crippen molar-refractivity contribution in [2.45, 2.75) is 0 Å². The van der Waals surface area contributed by atoms with Crippen LogP contribution < -0.4 is 5.11 Å². The Morgan fingerprint density at radius 3 is 1.07 bits per heavy atom. The quantitative estimate of drug-likeness (QED) is 0.485. The van der Waals surface area contributed by atoms with Crippen molar-refractivity contribution in [3.05, 3.63) is 40.9 Å². The standard InChI is InChI=1S/CH2O3.Co.HNO3.5H2N/c2-1(3)4;;2-1(3)4;;;;;/h(H2,2,3,4);;(H,2,3,4);5*1H2/q;+3;;5*-1/p-1. The molecule has 12 N–H and O–H groups in total. The molecule has 0 spiro atoms. The zero-order valence-corrected chi connectivity index (χ0v) is 7.74. The van der Waals surface area contributed by atoms with Crippen LogP contribution >= 0.6 is 0 Å². The number of carboxylic acid groups (broad SMARTS) is 2.